The van der Waals surface area contributed by atoms with Gasteiger partial charge in [0.15, 0.2) is 0 Å². The number of thiophene rings is 2. The summed E-state index contributed by atoms with van der Waals surface area (Å²) in [6, 6.07) is 61.3. The molecule has 9 rings (SSSR count). The standard InChI is InChI=1S/C42H28N2S2/c1-4-12-29(13-5-1)43(30-14-6-2-7-15-30)32-21-25-41-38(26-32)36-23-20-34(28-42(36)46-41)44(31-16-8-3-9-17-31)33-22-24-40-37(27-33)35-18-10-11-19-39(35)45-40/h1-28H. The molecule has 0 saturated heterocycles. The first-order valence-electron chi connectivity index (χ1n) is 15.4. The van der Waals surface area contributed by atoms with E-state index in [1.165, 1.54) is 40.3 Å². The Morgan fingerprint density at radius 1 is 0.261 bits per heavy atom. The molecule has 0 bridgehead atoms. The Bertz CT molecular complexity index is 2440. The summed E-state index contributed by atoms with van der Waals surface area (Å²) in [5, 5.41) is 5.17. The third-order valence-electron chi connectivity index (χ3n) is 8.62. The predicted octanol–water partition coefficient (Wildman–Crippen LogP) is 13.4. The number of hydrogen-bond acceptors (Lipinski definition) is 4. The molecule has 0 spiro atoms. The van der Waals surface area contributed by atoms with E-state index in [-0.39, 0.29) is 0 Å². The molecular weight excluding hydrogens is 597 g/mol. The third kappa shape index (κ3) is 4.62. The molecule has 2 nitrogen and oxygen atoms in total. The van der Waals surface area contributed by atoms with Gasteiger partial charge in [0.25, 0.3) is 0 Å². The molecule has 0 unspecified atom stereocenters. The third-order valence-corrected chi connectivity index (χ3v) is 10.9. The number of rotatable bonds is 6. The highest BCUT2D eigenvalue weighted by atomic mass is 32.1. The first kappa shape index (κ1) is 26.9. The first-order chi connectivity index (χ1) is 22.8. The van der Waals surface area contributed by atoms with E-state index in [0.717, 1.165) is 34.1 Å². The van der Waals surface area contributed by atoms with Gasteiger partial charge in [0.1, 0.15) is 0 Å². The SMILES string of the molecule is c1ccc(N(c2ccc3c(c2)sc2ccc(N(c4ccccc4)c4ccccc4)cc23)c2ccc3sc4ccccc4c3c2)cc1. The molecule has 4 heteroatoms. The number of para-hydroxylation sites is 3. The Hall–Kier alpha value is -5.42. The maximum atomic E-state index is 2.38. The van der Waals surface area contributed by atoms with Gasteiger partial charge >= 0.3 is 0 Å². The number of hydrogen-bond donors (Lipinski definition) is 0. The van der Waals surface area contributed by atoms with E-state index in [9.17, 15) is 0 Å². The van der Waals surface area contributed by atoms with Gasteiger partial charge in [-0.05, 0) is 91.0 Å². The minimum absolute atomic E-state index is 1.14. The van der Waals surface area contributed by atoms with Crippen LogP contribution >= 0.6 is 22.7 Å². The fourth-order valence-corrected chi connectivity index (χ4v) is 8.72. The summed E-state index contributed by atoms with van der Waals surface area (Å²) in [5.41, 5.74) is 6.89. The largest absolute Gasteiger partial charge is 0.310 e. The van der Waals surface area contributed by atoms with E-state index in [1.54, 1.807) is 0 Å². The van der Waals surface area contributed by atoms with Gasteiger partial charge in [-0.3, -0.25) is 0 Å². The van der Waals surface area contributed by atoms with Gasteiger partial charge in [0, 0.05) is 74.5 Å². The highest BCUT2D eigenvalue weighted by Crippen LogP contribution is 2.44. The van der Waals surface area contributed by atoms with Crippen molar-refractivity contribution in [2.45, 2.75) is 0 Å². The summed E-state index contributed by atoms with van der Waals surface area (Å²) in [6.07, 6.45) is 0. The molecule has 0 aliphatic heterocycles. The summed E-state index contributed by atoms with van der Waals surface area (Å²) < 4.78 is 5.20. The molecule has 46 heavy (non-hydrogen) atoms. The van der Waals surface area contributed by atoms with Gasteiger partial charge in [-0.25, -0.2) is 0 Å². The maximum absolute atomic E-state index is 2.38. The number of fused-ring (bicyclic) bond motifs is 6. The summed E-state index contributed by atoms with van der Waals surface area (Å²) in [7, 11) is 0. The van der Waals surface area contributed by atoms with Crippen LogP contribution < -0.4 is 9.80 Å². The summed E-state index contributed by atoms with van der Waals surface area (Å²) in [5.74, 6) is 0. The van der Waals surface area contributed by atoms with Gasteiger partial charge in [-0.1, -0.05) is 78.9 Å². The second-order valence-electron chi connectivity index (χ2n) is 11.4. The van der Waals surface area contributed by atoms with Crippen molar-refractivity contribution < 1.29 is 0 Å². The smallest absolute Gasteiger partial charge is 0.0476 e. The lowest BCUT2D eigenvalue weighted by Gasteiger charge is -2.26. The van der Waals surface area contributed by atoms with Crippen LogP contribution in [0, 0.1) is 0 Å². The molecule has 9 aromatic rings. The van der Waals surface area contributed by atoms with E-state index in [4.69, 9.17) is 0 Å². The molecule has 7 aromatic carbocycles. The molecule has 0 saturated carbocycles. The zero-order valence-electron chi connectivity index (χ0n) is 24.9. The number of nitrogens with zero attached hydrogens (tertiary/aromatic N) is 2. The van der Waals surface area contributed by atoms with Crippen LogP contribution in [0.4, 0.5) is 34.1 Å². The fourth-order valence-electron chi connectivity index (χ4n) is 6.51. The van der Waals surface area contributed by atoms with Crippen LogP contribution in [0.5, 0.6) is 0 Å². The molecule has 0 fully saturated rings. The second-order valence-corrected chi connectivity index (χ2v) is 13.6. The lowest BCUT2D eigenvalue weighted by Crippen LogP contribution is -2.09. The highest BCUT2D eigenvalue weighted by Gasteiger charge is 2.18. The average Bonchev–Trinajstić information content (AvgIpc) is 3.67. The van der Waals surface area contributed by atoms with E-state index in [1.807, 2.05) is 22.7 Å². The second kappa shape index (κ2) is 11.2. The van der Waals surface area contributed by atoms with Gasteiger partial charge in [-0.2, -0.15) is 0 Å². The molecule has 2 heterocycles. The zero-order chi connectivity index (χ0) is 30.5. The normalized spacial score (nSPS) is 11.5. The summed E-state index contributed by atoms with van der Waals surface area (Å²) in [6.45, 7) is 0. The Morgan fingerprint density at radius 3 is 1.22 bits per heavy atom. The van der Waals surface area contributed by atoms with Crippen LogP contribution in [0.15, 0.2) is 170 Å². The lowest BCUT2D eigenvalue weighted by molar-refractivity contribution is 1.29. The van der Waals surface area contributed by atoms with Crippen LogP contribution in [-0.2, 0) is 0 Å². The zero-order valence-corrected chi connectivity index (χ0v) is 26.5. The van der Waals surface area contributed by atoms with Gasteiger partial charge in [0.2, 0.25) is 0 Å². The Kier molecular flexibility index (Phi) is 6.55. The Balaban J connectivity index is 1.18. The molecule has 2 aromatic heterocycles. The number of benzene rings is 7. The van der Waals surface area contributed by atoms with Crippen molar-refractivity contribution in [2.75, 3.05) is 9.80 Å². The molecule has 0 amide bonds. The molecular formula is C42H28N2S2. The Labute approximate surface area is 275 Å². The van der Waals surface area contributed by atoms with E-state index in [2.05, 4.69) is 180 Å². The molecule has 0 N–H and O–H groups in total. The van der Waals surface area contributed by atoms with Crippen molar-refractivity contribution in [1.82, 2.24) is 0 Å². The van der Waals surface area contributed by atoms with E-state index < -0.39 is 0 Å². The summed E-state index contributed by atoms with van der Waals surface area (Å²) >= 11 is 3.72. The predicted molar refractivity (Wildman–Crippen MR) is 202 cm³/mol. The van der Waals surface area contributed by atoms with Crippen LogP contribution in [0.25, 0.3) is 40.3 Å². The average molecular weight is 625 g/mol. The van der Waals surface area contributed by atoms with Crippen LogP contribution in [0.2, 0.25) is 0 Å². The monoisotopic (exact) mass is 624 g/mol. The van der Waals surface area contributed by atoms with Crippen molar-refractivity contribution in [3.63, 3.8) is 0 Å². The number of anilines is 6. The van der Waals surface area contributed by atoms with E-state index >= 15 is 0 Å². The van der Waals surface area contributed by atoms with Crippen molar-refractivity contribution in [2.24, 2.45) is 0 Å². The Morgan fingerprint density at radius 2 is 0.652 bits per heavy atom. The quantitative estimate of drug-likeness (QED) is 0.182. The van der Waals surface area contributed by atoms with Gasteiger partial charge < -0.3 is 9.80 Å². The van der Waals surface area contributed by atoms with Crippen molar-refractivity contribution in [1.29, 1.82) is 0 Å². The van der Waals surface area contributed by atoms with Crippen LogP contribution in [0.1, 0.15) is 0 Å². The molecule has 0 atom stereocenters. The van der Waals surface area contributed by atoms with Gasteiger partial charge in [-0.15, -0.1) is 22.7 Å². The van der Waals surface area contributed by atoms with Crippen molar-refractivity contribution in [3.05, 3.63) is 170 Å². The van der Waals surface area contributed by atoms with Crippen LogP contribution in [-0.4, -0.2) is 0 Å². The van der Waals surface area contributed by atoms with Crippen molar-refractivity contribution in [3.8, 4) is 0 Å². The molecule has 218 valence electrons. The maximum Gasteiger partial charge on any atom is 0.0476 e. The molecule has 0 radical (unpaired) electrons. The van der Waals surface area contributed by atoms with Crippen LogP contribution in [0.3, 0.4) is 0 Å². The fraction of sp³-hybridized carbons (Fsp3) is 0. The first-order valence-corrected chi connectivity index (χ1v) is 17.1. The van der Waals surface area contributed by atoms with Crippen molar-refractivity contribution >= 4 is 97.1 Å². The molecule has 0 aliphatic carbocycles. The van der Waals surface area contributed by atoms with Gasteiger partial charge in [0.05, 0.1) is 0 Å². The summed E-state index contributed by atoms with van der Waals surface area (Å²) in [4.78, 5) is 4.71. The lowest BCUT2D eigenvalue weighted by atomic mass is 10.1. The topological polar surface area (TPSA) is 6.48 Å². The highest BCUT2D eigenvalue weighted by molar-refractivity contribution is 7.26. The minimum Gasteiger partial charge on any atom is -0.310 e. The minimum atomic E-state index is 1.14. The van der Waals surface area contributed by atoms with E-state index in [0.29, 0.717) is 0 Å². The molecule has 0 aliphatic rings.